The van der Waals surface area contributed by atoms with E-state index in [1.54, 1.807) is 11.8 Å². The van der Waals surface area contributed by atoms with E-state index in [9.17, 15) is 23.5 Å². The minimum atomic E-state index is -2.99. The van der Waals surface area contributed by atoms with Gasteiger partial charge < -0.3 is 15.2 Å². The average Bonchev–Trinajstić information content (AvgIpc) is 2.47. The zero-order valence-corrected chi connectivity index (χ0v) is 12.4. The molecule has 5 nitrogen and oxygen atoms in total. The topological polar surface area (TPSA) is 75.6 Å². The maximum absolute atomic E-state index is 12.2. The number of carbonyl (C=O) groups excluding carboxylic acids is 1. The number of aliphatic carboxylic acids is 1. The molecule has 1 aliphatic heterocycles. The second-order valence-electron chi connectivity index (χ2n) is 4.86. The Balaban J connectivity index is 2.15. The third-order valence-corrected chi connectivity index (χ3v) is 4.42. The predicted molar refractivity (Wildman–Crippen MR) is 77.5 cm³/mol. The zero-order valence-electron chi connectivity index (χ0n) is 11.6. The molecule has 0 aliphatic carbocycles. The van der Waals surface area contributed by atoms with Crippen LogP contribution in [0.1, 0.15) is 23.2 Å². The quantitative estimate of drug-likeness (QED) is 0.866. The van der Waals surface area contributed by atoms with E-state index in [-0.39, 0.29) is 11.3 Å². The Morgan fingerprint density at radius 1 is 1.32 bits per heavy atom. The van der Waals surface area contributed by atoms with Gasteiger partial charge >= 0.3 is 12.6 Å². The van der Waals surface area contributed by atoms with E-state index in [1.807, 2.05) is 0 Å². The molecule has 1 aromatic carbocycles. The van der Waals surface area contributed by atoms with Gasteiger partial charge in [0.05, 0.1) is 0 Å². The Hall–Kier alpha value is -1.83. The zero-order chi connectivity index (χ0) is 16.2. The molecule has 0 spiro atoms. The Labute approximate surface area is 130 Å². The highest BCUT2D eigenvalue weighted by Gasteiger charge is 2.41. The Kier molecular flexibility index (Phi) is 5.23. The molecule has 22 heavy (non-hydrogen) atoms. The van der Waals surface area contributed by atoms with E-state index < -0.39 is 24.0 Å². The summed E-state index contributed by atoms with van der Waals surface area (Å²) >= 11 is 1.63. The van der Waals surface area contributed by atoms with Crippen molar-refractivity contribution in [3.05, 3.63) is 29.8 Å². The first-order valence-electron chi connectivity index (χ1n) is 6.61. The van der Waals surface area contributed by atoms with E-state index in [2.05, 4.69) is 10.1 Å². The lowest BCUT2D eigenvalue weighted by atomic mass is 9.92. The fourth-order valence-electron chi connectivity index (χ4n) is 2.22. The number of thioether (sulfide) groups is 1. The molecule has 0 radical (unpaired) electrons. The molecule has 1 saturated heterocycles. The highest BCUT2D eigenvalue weighted by Crippen LogP contribution is 2.28. The number of nitrogens with one attached hydrogen (secondary N) is 1. The molecule has 0 saturated carbocycles. The predicted octanol–water partition coefficient (Wildman–Crippen LogP) is 2.37. The molecule has 1 fully saturated rings. The number of ether oxygens (including phenoxy) is 1. The lowest BCUT2D eigenvalue weighted by molar-refractivity contribution is -0.144. The summed E-state index contributed by atoms with van der Waals surface area (Å²) in [5.74, 6) is -0.566. The number of hydrogen-bond acceptors (Lipinski definition) is 4. The van der Waals surface area contributed by atoms with Crippen molar-refractivity contribution in [1.29, 1.82) is 0 Å². The molecule has 1 aliphatic rings. The molecule has 1 heterocycles. The number of hydrogen-bond donors (Lipinski definition) is 2. The van der Waals surface area contributed by atoms with Crippen molar-refractivity contribution in [3.8, 4) is 5.75 Å². The summed E-state index contributed by atoms with van der Waals surface area (Å²) in [6, 6.07) is 5.28. The molecular formula is C14H15F2NO4S. The van der Waals surface area contributed by atoms with Gasteiger partial charge in [0.2, 0.25) is 0 Å². The van der Waals surface area contributed by atoms with Crippen molar-refractivity contribution >= 4 is 23.6 Å². The molecule has 0 unspecified atom stereocenters. The van der Waals surface area contributed by atoms with Gasteiger partial charge in [-0.2, -0.15) is 20.5 Å². The van der Waals surface area contributed by atoms with Gasteiger partial charge in [-0.15, -0.1) is 0 Å². The minimum Gasteiger partial charge on any atom is -0.480 e. The monoisotopic (exact) mass is 331 g/mol. The summed E-state index contributed by atoms with van der Waals surface area (Å²) in [6.45, 7) is -2.99. The van der Waals surface area contributed by atoms with Gasteiger partial charge in [0.1, 0.15) is 11.3 Å². The Bertz CT molecular complexity index is 562. The van der Waals surface area contributed by atoms with Crippen LogP contribution >= 0.6 is 11.8 Å². The highest BCUT2D eigenvalue weighted by molar-refractivity contribution is 7.99. The number of carboxylic acid groups (broad SMARTS) is 1. The fraction of sp³-hybridized carbons (Fsp3) is 0.429. The summed E-state index contributed by atoms with van der Waals surface area (Å²) in [5.41, 5.74) is -1.22. The second-order valence-corrected chi connectivity index (χ2v) is 6.08. The first-order valence-corrected chi connectivity index (χ1v) is 7.77. The van der Waals surface area contributed by atoms with Gasteiger partial charge in [-0.3, -0.25) is 4.79 Å². The largest absolute Gasteiger partial charge is 0.480 e. The normalized spacial score (nSPS) is 17.0. The fourth-order valence-corrected chi connectivity index (χ4v) is 3.40. The summed E-state index contributed by atoms with van der Waals surface area (Å²) in [7, 11) is 0. The number of carboxylic acids is 1. The molecule has 2 N–H and O–H groups in total. The lowest BCUT2D eigenvalue weighted by Gasteiger charge is -2.33. The highest BCUT2D eigenvalue weighted by atomic mass is 32.2. The molecule has 0 bridgehead atoms. The third kappa shape index (κ3) is 3.88. The van der Waals surface area contributed by atoms with Gasteiger partial charge in [0, 0.05) is 5.56 Å². The molecular weight excluding hydrogens is 316 g/mol. The Morgan fingerprint density at radius 2 is 2.00 bits per heavy atom. The summed E-state index contributed by atoms with van der Waals surface area (Å²) in [6.07, 6.45) is 0.651. The van der Waals surface area contributed by atoms with E-state index in [0.29, 0.717) is 24.3 Å². The van der Waals surface area contributed by atoms with Crippen LogP contribution in [-0.2, 0) is 4.79 Å². The van der Waals surface area contributed by atoms with Gasteiger partial charge in [-0.25, -0.2) is 4.79 Å². The first-order chi connectivity index (χ1) is 10.4. The summed E-state index contributed by atoms with van der Waals surface area (Å²) < 4.78 is 28.6. The number of carbonyl (C=O) groups is 2. The molecule has 2 rings (SSSR count). The molecule has 0 aromatic heterocycles. The van der Waals surface area contributed by atoms with Crippen molar-refractivity contribution in [3.63, 3.8) is 0 Å². The maximum Gasteiger partial charge on any atom is 0.387 e. The maximum atomic E-state index is 12.2. The molecule has 1 amide bonds. The molecule has 1 aromatic rings. The Morgan fingerprint density at radius 3 is 2.59 bits per heavy atom. The number of benzene rings is 1. The van der Waals surface area contributed by atoms with Gasteiger partial charge in [-0.05, 0) is 42.5 Å². The molecule has 120 valence electrons. The number of halogens is 2. The SMILES string of the molecule is O=C(NC1(C(=O)O)CCSCC1)c1cccc(OC(F)F)c1. The third-order valence-electron chi connectivity index (χ3n) is 3.43. The number of alkyl halides is 2. The van der Waals surface area contributed by atoms with E-state index >= 15 is 0 Å². The van der Waals surface area contributed by atoms with Crippen molar-refractivity contribution in [2.75, 3.05) is 11.5 Å². The van der Waals surface area contributed by atoms with Crippen LogP contribution in [0.4, 0.5) is 8.78 Å². The standard InChI is InChI=1S/C14H15F2NO4S/c15-13(16)21-10-3-1-2-9(8-10)11(18)17-14(12(19)20)4-6-22-7-5-14/h1-3,8,13H,4-7H2,(H,17,18)(H,19,20). The van der Waals surface area contributed by atoms with Crippen LogP contribution in [-0.4, -0.2) is 40.6 Å². The summed E-state index contributed by atoms with van der Waals surface area (Å²) in [4.78, 5) is 23.7. The van der Waals surface area contributed by atoms with Gasteiger partial charge in [0.15, 0.2) is 0 Å². The van der Waals surface area contributed by atoms with Crippen molar-refractivity contribution < 1.29 is 28.2 Å². The summed E-state index contributed by atoms with van der Waals surface area (Å²) in [5, 5.41) is 11.9. The van der Waals surface area contributed by atoms with E-state index in [0.717, 1.165) is 6.07 Å². The van der Waals surface area contributed by atoms with E-state index in [1.165, 1.54) is 18.2 Å². The van der Waals surface area contributed by atoms with Crippen LogP contribution in [0.3, 0.4) is 0 Å². The van der Waals surface area contributed by atoms with Crippen molar-refractivity contribution in [1.82, 2.24) is 5.32 Å². The number of amides is 1. The van der Waals surface area contributed by atoms with Crippen LogP contribution in [0.15, 0.2) is 24.3 Å². The van der Waals surface area contributed by atoms with Crippen molar-refractivity contribution in [2.24, 2.45) is 0 Å². The molecule has 0 atom stereocenters. The van der Waals surface area contributed by atoms with Crippen LogP contribution in [0.2, 0.25) is 0 Å². The van der Waals surface area contributed by atoms with Gasteiger partial charge in [0.25, 0.3) is 5.91 Å². The van der Waals surface area contributed by atoms with Crippen molar-refractivity contribution in [2.45, 2.75) is 25.0 Å². The van der Waals surface area contributed by atoms with Crippen LogP contribution in [0.25, 0.3) is 0 Å². The average molecular weight is 331 g/mol. The molecule has 8 heteroatoms. The van der Waals surface area contributed by atoms with E-state index in [4.69, 9.17) is 0 Å². The second kappa shape index (κ2) is 6.95. The first kappa shape index (κ1) is 16.5. The van der Waals surface area contributed by atoms with Crippen LogP contribution < -0.4 is 10.1 Å². The van der Waals surface area contributed by atoms with Gasteiger partial charge in [-0.1, -0.05) is 6.07 Å². The lowest BCUT2D eigenvalue weighted by Crippen LogP contribution is -2.56. The number of rotatable bonds is 5. The minimum absolute atomic E-state index is 0.0806. The van der Waals surface area contributed by atoms with Crippen LogP contribution in [0, 0.1) is 0 Å². The van der Waals surface area contributed by atoms with Crippen LogP contribution in [0.5, 0.6) is 5.75 Å². The smallest absolute Gasteiger partial charge is 0.387 e.